The first kappa shape index (κ1) is 25.4. The van der Waals surface area contributed by atoms with Crippen molar-refractivity contribution in [3.8, 4) is 6.01 Å². The van der Waals surface area contributed by atoms with Crippen molar-refractivity contribution in [2.24, 2.45) is 5.92 Å². The molecule has 38 heavy (non-hydrogen) atoms. The first-order valence-corrected chi connectivity index (χ1v) is 14.1. The Balaban J connectivity index is 1.34. The van der Waals surface area contributed by atoms with Crippen molar-refractivity contribution in [1.29, 1.82) is 0 Å². The lowest BCUT2D eigenvalue weighted by atomic mass is 9.94. The van der Waals surface area contributed by atoms with Crippen molar-refractivity contribution in [2.45, 2.75) is 50.9 Å². The number of anilines is 1. The van der Waals surface area contributed by atoms with Gasteiger partial charge in [-0.3, -0.25) is 0 Å². The van der Waals surface area contributed by atoms with Crippen LogP contribution >= 0.6 is 11.6 Å². The zero-order valence-electron chi connectivity index (χ0n) is 21.9. The summed E-state index contributed by atoms with van der Waals surface area (Å²) in [4.78, 5) is 18.3. The van der Waals surface area contributed by atoms with Crippen LogP contribution < -0.4 is 9.64 Å². The van der Waals surface area contributed by atoms with Crippen LogP contribution in [0.3, 0.4) is 0 Å². The van der Waals surface area contributed by atoms with E-state index in [9.17, 15) is 0 Å². The Hall–Kier alpha value is -2.92. The van der Waals surface area contributed by atoms with Gasteiger partial charge < -0.3 is 24.1 Å². The van der Waals surface area contributed by atoms with Gasteiger partial charge in [0.25, 0.3) is 0 Å². The molecule has 3 aliphatic heterocycles. The molecule has 7 nitrogen and oxygen atoms in total. The molecule has 3 aromatic rings. The molecule has 0 unspecified atom stereocenters. The predicted octanol–water partition coefficient (Wildman–Crippen LogP) is 5.71. The second-order valence-corrected chi connectivity index (χ2v) is 11.2. The minimum absolute atomic E-state index is 0.154. The number of halogens is 1. The molecule has 6 rings (SSSR count). The van der Waals surface area contributed by atoms with Crippen LogP contribution in [0.4, 0.5) is 5.82 Å². The third-order valence-corrected chi connectivity index (χ3v) is 8.65. The summed E-state index contributed by atoms with van der Waals surface area (Å²) >= 11 is 6.66. The number of likely N-dealkylation sites (N-methyl/N-ethyl adjacent to an activating group) is 1. The second kappa shape index (κ2) is 11.1. The Morgan fingerprint density at radius 1 is 1.13 bits per heavy atom. The minimum Gasteiger partial charge on any atom is -0.462 e. The van der Waals surface area contributed by atoms with E-state index in [0.717, 1.165) is 77.3 Å². The molecule has 3 aliphatic rings. The molecule has 8 heteroatoms. The van der Waals surface area contributed by atoms with Gasteiger partial charge in [0.1, 0.15) is 12.4 Å². The number of hydrogen-bond acceptors (Lipinski definition) is 6. The molecule has 2 saturated heterocycles. The van der Waals surface area contributed by atoms with Crippen molar-refractivity contribution in [3.63, 3.8) is 0 Å². The summed E-state index contributed by atoms with van der Waals surface area (Å²) in [5.41, 5.74) is 3.11. The lowest BCUT2D eigenvalue weighted by Gasteiger charge is -2.35. The molecule has 0 bridgehead atoms. The normalized spacial score (nSPS) is 23.8. The number of rotatable bonds is 6. The molecule has 2 aromatic carbocycles. The van der Waals surface area contributed by atoms with Crippen molar-refractivity contribution in [3.05, 3.63) is 69.7 Å². The van der Waals surface area contributed by atoms with Crippen molar-refractivity contribution in [1.82, 2.24) is 14.9 Å². The quantitative estimate of drug-likeness (QED) is 0.380. The van der Waals surface area contributed by atoms with Crippen LogP contribution in [0.2, 0.25) is 5.02 Å². The van der Waals surface area contributed by atoms with Crippen LogP contribution in [0.25, 0.3) is 15.6 Å². The van der Waals surface area contributed by atoms with Gasteiger partial charge in [0.15, 0.2) is 0 Å². The maximum Gasteiger partial charge on any atom is 0.318 e. The summed E-state index contributed by atoms with van der Waals surface area (Å²) in [6.45, 7) is 11.8. The average Bonchev–Trinajstić information content (AvgIpc) is 3.35. The molecule has 198 valence electrons. The van der Waals surface area contributed by atoms with E-state index in [1.165, 1.54) is 6.42 Å². The van der Waals surface area contributed by atoms with E-state index in [1.807, 2.05) is 12.1 Å². The summed E-state index contributed by atoms with van der Waals surface area (Å²) in [7, 11) is 2.16. The molecular weight excluding hydrogens is 498 g/mol. The fourth-order valence-corrected chi connectivity index (χ4v) is 6.53. The van der Waals surface area contributed by atoms with Gasteiger partial charge >= 0.3 is 6.01 Å². The van der Waals surface area contributed by atoms with Crippen LogP contribution in [0.1, 0.15) is 48.6 Å². The van der Waals surface area contributed by atoms with Crippen LogP contribution in [-0.2, 0) is 17.8 Å². The number of benzene rings is 2. The maximum atomic E-state index is 7.35. The topological polar surface area (TPSA) is 55.1 Å². The molecule has 1 aromatic heterocycles. The number of piperidine rings is 1. The number of nitrogens with zero attached hydrogens (tertiary/aromatic N) is 5. The van der Waals surface area contributed by atoms with Crippen LogP contribution in [0.5, 0.6) is 6.01 Å². The summed E-state index contributed by atoms with van der Waals surface area (Å²) in [6.07, 6.45) is 4.96. The number of fused-ring (bicyclic) bond motifs is 2. The first-order chi connectivity index (χ1) is 18.6. The lowest BCUT2D eigenvalue weighted by Crippen LogP contribution is -2.38. The van der Waals surface area contributed by atoms with Gasteiger partial charge in [0.2, 0.25) is 6.54 Å². The smallest absolute Gasteiger partial charge is 0.318 e. The number of ether oxygens (including phenoxy) is 2. The highest BCUT2D eigenvalue weighted by Crippen LogP contribution is 2.39. The summed E-state index contributed by atoms with van der Waals surface area (Å²) in [5.74, 6) is 1.27. The average molecular weight is 532 g/mol. The van der Waals surface area contributed by atoms with E-state index < -0.39 is 0 Å². The van der Waals surface area contributed by atoms with Crippen LogP contribution in [0.15, 0.2) is 36.4 Å². The molecule has 0 radical (unpaired) electrons. The Morgan fingerprint density at radius 2 is 1.97 bits per heavy atom. The van der Waals surface area contributed by atoms with Gasteiger partial charge in [-0.2, -0.15) is 9.97 Å². The van der Waals surface area contributed by atoms with Crippen molar-refractivity contribution >= 4 is 28.2 Å². The predicted molar refractivity (Wildman–Crippen MR) is 150 cm³/mol. The van der Waals surface area contributed by atoms with E-state index in [4.69, 9.17) is 37.6 Å². The molecule has 0 N–H and O–H groups in total. The number of likely N-dealkylation sites (tertiary alicyclic amines) is 1. The second-order valence-electron chi connectivity index (χ2n) is 10.8. The Bertz CT molecular complexity index is 1350. The fraction of sp³-hybridized carbons (Fsp3) is 0.500. The summed E-state index contributed by atoms with van der Waals surface area (Å²) in [5, 5.41) is 2.88. The fourth-order valence-electron chi connectivity index (χ4n) is 6.24. The highest BCUT2D eigenvalue weighted by atomic mass is 35.5. The third kappa shape index (κ3) is 5.05. The summed E-state index contributed by atoms with van der Waals surface area (Å²) in [6, 6.07) is 13.1. The lowest BCUT2D eigenvalue weighted by molar-refractivity contribution is 0.0265. The Morgan fingerprint density at radius 3 is 2.79 bits per heavy atom. The van der Waals surface area contributed by atoms with E-state index >= 15 is 0 Å². The van der Waals surface area contributed by atoms with Crippen molar-refractivity contribution < 1.29 is 9.47 Å². The SMILES string of the molecule is [C-]#[N+]C[C@@H]1CCCN(c2nc(OC[C@@H]3CCCN3C)nc3c2CO[C@H](c2cccc4cccc(Cl)c24)C3)C1. The molecule has 0 amide bonds. The number of hydrogen-bond donors (Lipinski definition) is 0. The molecule has 0 spiro atoms. The molecule has 2 fully saturated rings. The largest absolute Gasteiger partial charge is 0.462 e. The van der Waals surface area contributed by atoms with Gasteiger partial charge in [0.05, 0.1) is 18.4 Å². The van der Waals surface area contributed by atoms with E-state index in [0.29, 0.717) is 44.1 Å². The zero-order valence-corrected chi connectivity index (χ0v) is 22.7. The van der Waals surface area contributed by atoms with Gasteiger partial charge in [-0.05, 0) is 56.3 Å². The van der Waals surface area contributed by atoms with Gasteiger partial charge in [-0.25, -0.2) is 6.57 Å². The third-order valence-electron chi connectivity index (χ3n) is 8.34. The van der Waals surface area contributed by atoms with Gasteiger partial charge in [-0.15, -0.1) is 0 Å². The highest BCUT2D eigenvalue weighted by molar-refractivity contribution is 6.35. The van der Waals surface area contributed by atoms with Crippen molar-refractivity contribution in [2.75, 3.05) is 44.7 Å². The number of aromatic nitrogens is 2. The van der Waals surface area contributed by atoms with Crippen LogP contribution in [-0.4, -0.2) is 60.7 Å². The molecule has 4 heterocycles. The van der Waals surface area contributed by atoms with E-state index in [-0.39, 0.29) is 6.10 Å². The Labute approximate surface area is 229 Å². The van der Waals surface area contributed by atoms with E-state index in [2.05, 4.69) is 46.0 Å². The highest BCUT2D eigenvalue weighted by Gasteiger charge is 2.32. The monoisotopic (exact) mass is 531 g/mol. The van der Waals surface area contributed by atoms with Gasteiger partial charge in [-0.1, -0.05) is 41.9 Å². The molecule has 3 atom stereocenters. The van der Waals surface area contributed by atoms with E-state index in [1.54, 1.807) is 0 Å². The standard InChI is InChI=1S/C30H34ClN5O2/c1-32-16-20-7-5-14-36(17-20)29-24-19-37-27(23-11-3-8-21-9-4-12-25(31)28(21)23)15-26(24)33-30(34-29)38-18-22-10-6-13-35(22)2/h3-4,8-9,11-12,20,22,27H,5-7,10,13-19H2,2H3/t20-,22-,27-/m0/s1. The molecule has 0 aliphatic carbocycles. The van der Waals surface area contributed by atoms with Crippen LogP contribution in [0, 0.1) is 12.5 Å². The minimum atomic E-state index is -0.154. The first-order valence-electron chi connectivity index (χ1n) is 13.7. The zero-order chi connectivity index (χ0) is 26.1. The summed E-state index contributed by atoms with van der Waals surface area (Å²) < 4.78 is 12.8. The maximum absolute atomic E-state index is 7.35. The Kier molecular flexibility index (Phi) is 7.38. The molecule has 0 saturated carbocycles. The molecular formula is C30H34ClN5O2. The van der Waals surface area contributed by atoms with Gasteiger partial charge in [0, 0.05) is 47.4 Å².